The lowest BCUT2D eigenvalue weighted by Gasteiger charge is -2.37. The fourth-order valence-corrected chi connectivity index (χ4v) is 2.73. The van der Waals surface area contributed by atoms with E-state index in [4.69, 9.17) is 9.47 Å². The number of ether oxygens (including phenoxy) is 2. The molecule has 1 aliphatic heterocycles. The van der Waals surface area contributed by atoms with Gasteiger partial charge in [0.2, 0.25) is 0 Å². The number of carbonyl (C=O) groups excluding carboxylic acids is 1. The maximum absolute atomic E-state index is 12.5. The van der Waals surface area contributed by atoms with Crippen molar-refractivity contribution < 1.29 is 14.3 Å². The molecule has 3 rings (SSSR count). The third-order valence-corrected chi connectivity index (χ3v) is 4.18. The monoisotopic (exact) mass is 365 g/mol. The van der Waals surface area contributed by atoms with Crippen LogP contribution < -0.4 is 0 Å². The zero-order valence-corrected chi connectivity index (χ0v) is 13.9. The van der Waals surface area contributed by atoms with Gasteiger partial charge in [-0.15, -0.1) is 5.10 Å². The van der Waals surface area contributed by atoms with Crippen LogP contribution in [-0.4, -0.2) is 39.8 Å². The van der Waals surface area contributed by atoms with Crippen molar-refractivity contribution in [1.82, 2.24) is 15.0 Å². The van der Waals surface area contributed by atoms with Crippen molar-refractivity contribution in [2.24, 2.45) is 0 Å². The van der Waals surface area contributed by atoms with Gasteiger partial charge in [-0.2, -0.15) is 0 Å². The van der Waals surface area contributed by atoms with E-state index in [0.29, 0.717) is 23.5 Å². The van der Waals surface area contributed by atoms with Crippen molar-refractivity contribution in [2.75, 3.05) is 13.2 Å². The van der Waals surface area contributed by atoms with Gasteiger partial charge >= 0.3 is 5.97 Å². The summed E-state index contributed by atoms with van der Waals surface area (Å²) in [6.07, 6.45) is 0. The molecule has 0 amide bonds. The van der Waals surface area contributed by atoms with E-state index >= 15 is 0 Å². The van der Waals surface area contributed by atoms with Crippen molar-refractivity contribution in [2.45, 2.75) is 25.5 Å². The van der Waals surface area contributed by atoms with E-state index in [-0.39, 0.29) is 6.04 Å². The third-order valence-electron chi connectivity index (χ3n) is 3.65. The second kappa shape index (κ2) is 5.81. The summed E-state index contributed by atoms with van der Waals surface area (Å²) in [7, 11) is 0. The first kappa shape index (κ1) is 15.2. The molecule has 1 saturated heterocycles. The molecule has 1 fully saturated rings. The highest BCUT2D eigenvalue weighted by Gasteiger charge is 2.39. The lowest BCUT2D eigenvalue weighted by Crippen LogP contribution is -2.50. The molecule has 1 aliphatic rings. The molecule has 0 saturated carbocycles. The summed E-state index contributed by atoms with van der Waals surface area (Å²) in [5.41, 5.74) is 0.776. The minimum atomic E-state index is -0.568. The van der Waals surface area contributed by atoms with E-state index in [9.17, 15) is 4.79 Å². The van der Waals surface area contributed by atoms with Gasteiger partial charge in [0.15, 0.2) is 15.9 Å². The number of carbonyl (C=O) groups is 1. The molecule has 1 atom stereocenters. The van der Waals surface area contributed by atoms with Crippen LogP contribution in [0.25, 0.3) is 0 Å². The van der Waals surface area contributed by atoms with E-state index < -0.39 is 11.6 Å². The Morgan fingerprint density at radius 3 is 2.68 bits per heavy atom. The Hall–Kier alpha value is -1.73. The number of nitrogens with zero attached hydrogens (tertiary/aromatic N) is 3. The average Bonchev–Trinajstić information content (AvgIpc) is 2.87. The van der Waals surface area contributed by atoms with E-state index in [1.165, 1.54) is 0 Å². The Morgan fingerprint density at radius 2 is 2.09 bits per heavy atom. The number of esters is 1. The number of hydrogen-bond donors (Lipinski definition) is 0. The predicted molar refractivity (Wildman–Crippen MR) is 82.6 cm³/mol. The molecule has 6 nitrogen and oxygen atoms in total. The van der Waals surface area contributed by atoms with Crippen molar-refractivity contribution >= 4 is 21.9 Å². The van der Waals surface area contributed by atoms with Gasteiger partial charge in [-0.3, -0.25) is 0 Å². The highest BCUT2D eigenvalue weighted by molar-refractivity contribution is 9.10. The third kappa shape index (κ3) is 2.78. The van der Waals surface area contributed by atoms with Crippen LogP contribution in [0.1, 0.15) is 35.9 Å². The quantitative estimate of drug-likeness (QED) is 0.779. The summed E-state index contributed by atoms with van der Waals surface area (Å²) in [4.78, 5) is 12.5. The van der Waals surface area contributed by atoms with Gasteiger partial charge in [-0.05, 0) is 35.3 Å². The first-order valence-corrected chi connectivity index (χ1v) is 7.76. The van der Waals surface area contributed by atoms with E-state index in [1.807, 2.05) is 44.2 Å². The molecule has 2 heterocycles. The van der Waals surface area contributed by atoms with Crippen LogP contribution in [-0.2, 0) is 9.47 Å². The SMILES string of the molecule is C[C@H](c1ccccc1)n1nnc(Br)c1C(=O)OC1(C)COC1. The first-order chi connectivity index (χ1) is 10.5. The van der Waals surface area contributed by atoms with Crippen LogP contribution in [0.15, 0.2) is 34.9 Å². The smallest absolute Gasteiger partial charge is 0.360 e. The van der Waals surface area contributed by atoms with Crippen LogP contribution in [0, 0.1) is 0 Å². The normalized spacial score (nSPS) is 17.6. The summed E-state index contributed by atoms with van der Waals surface area (Å²) >= 11 is 3.28. The highest BCUT2D eigenvalue weighted by Crippen LogP contribution is 2.27. The summed E-state index contributed by atoms with van der Waals surface area (Å²) in [6, 6.07) is 9.67. The summed E-state index contributed by atoms with van der Waals surface area (Å²) in [5.74, 6) is -0.453. The minimum Gasteiger partial charge on any atom is -0.450 e. The van der Waals surface area contributed by atoms with Crippen LogP contribution in [0.5, 0.6) is 0 Å². The number of hydrogen-bond acceptors (Lipinski definition) is 5. The first-order valence-electron chi connectivity index (χ1n) is 6.97. The number of rotatable bonds is 4. The molecule has 0 spiro atoms. The zero-order valence-electron chi connectivity index (χ0n) is 12.3. The van der Waals surface area contributed by atoms with Crippen molar-refractivity contribution in [3.05, 3.63) is 46.2 Å². The molecule has 1 aromatic heterocycles. The van der Waals surface area contributed by atoms with E-state index in [1.54, 1.807) is 4.68 Å². The van der Waals surface area contributed by atoms with Crippen molar-refractivity contribution in [1.29, 1.82) is 0 Å². The highest BCUT2D eigenvalue weighted by atomic mass is 79.9. The standard InChI is InChI=1S/C15H16BrN3O3/c1-10(11-6-4-3-5-7-11)19-12(13(16)17-18-19)14(20)22-15(2)8-21-9-15/h3-7,10H,8-9H2,1-2H3/t10-/m1/s1. The van der Waals surface area contributed by atoms with Gasteiger partial charge in [-0.1, -0.05) is 35.5 Å². The van der Waals surface area contributed by atoms with Crippen LogP contribution >= 0.6 is 15.9 Å². The van der Waals surface area contributed by atoms with Crippen LogP contribution in [0.4, 0.5) is 0 Å². The zero-order chi connectivity index (χ0) is 15.7. The van der Waals surface area contributed by atoms with Gasteiger partial charge < -0.3 is 9.47 Å². The molecule has 0 bridgehead atoms. The molecule has 7 heteroatoms. The van der Waals surface area contributed by atoms with Crippen LogP contribution in [0.2, 0.25) is 0 Å². The molecule has 2 aromatic rings. The minimum absolute atomic E-state index is 0.131. The number of halogens is 1. The molecule has 0 N–H and O–H groups in total. The molecule has 22 heavy (non-hydrogen) atoms. The Kier molecular flexibility index (Phi) is 4.01. The number of benzene rings is 1. The fraction of sp³-hybridized carbons (Fsp3) is 0.400. The Morgan fingerprint density at radius 1 is 1.41 bits per heavy atom. The molecule has 0 radical (unpaired) electrons. The Labute approximate surface area is 136 Å². The van der Waals surface area contributed by atoms with Crippen molar-refractivity contribution in [3.63, 3.8) is 0 Å². The lowest BCUT2D eigenvalue weighted by atomic mass is 10.1. The summed E-state index contributed by atoms with van der Waals surface area (Å²) in [5, 5.41) is 8.03. The number of aromatic nitrogens is 3. The average molecular weight is 366 g/mol. The molecular weight excluding hydrogens is 350 g/mol. The van der Waals surface area contributed by atoms with E-state index in [2.05, 4.69) is 26.2 Å². The van der Waals surface area contributed by atoms with Crippen LogP contribution in [0.3, 0.4) is 0 Å². The van der Waals surface area contributed by atoms with E-state index in [0.717, 1.165) is 5.56 Å². The van der Waals surface area contributed by atoms with Gasteiger partial charge in [-0.25, -0.2) is 9.48 Å². The van der Waals surface area contributed by atoms with Gasteiger partial charge in [0.05, 0.1) is 19.3 Å². The molecule has 0 unspecified atom stereocenters. The van der Waals surface area contributed by atoms with Gasteiger partial charge in [0.25, 0.3) is 0 Å². The van der Waals surface area contributed by atoms with Gasteiger partial charge in [0.1, 0.15) is 0 Å². The molecule has 116 valence electrons. The Bertz CT molecular complexity index is 683. The van der Waals surface area contributed by atoms with Crippen molar-refractivity contribution in [3.8, 4) is 0 Å². The second-order valence-electron chi connectivity index (χ2n) is 5.59. The lowest BCUT2D eigenvalue weighted by molar-refractivity contribution is -0.169. The second-order valence-corrected chi connectivity index (χ2v) is 6.34. The maximum atomic E-state index is 12.5. The largest absolute Gasteiger partial charge is 0.450 e. The molecule has 0 aliphatic carbocycles. The topological polar surface area (TPSA) is 66.2 Å². The Balaban J connectivity index is 1.89. The fourth-order valence-electron chi connectivity index (χ4n) is 2.32. The molecule has 1 aromatic carbocycles. The predicted octanol–water partition coefficient (Wildman–Crippen LogP) is 2.60. The van der Waals surface area contributed by atoms with Gasteiger partial charge in [0, 0.05) is 0 Å². The maximum Gasteiger partial charge on any atom is 0.360 e. The summed E-state index contributed by atoms with van der Waals surface area (Å²) < 4.78 is 12.6. The molecular formula is C15H16BrN3O3. The summed E-state index contributed by atoms with van der Waals surface area (Å²) in [6.45, 7) is 4.62.